The molecule has 0 saturated carbocycles. The Hall–Kier alpha value is -4.10. The number of hydrogen-bond donors (Lipinski definition) is 5. The Morgan fingerprint density at radius 2 is 1.64 bits per heavy atom. The van der Waals surface area contributed by atoms with Gasteiger partial charge in [0.25, 0.3) is 0 Å². The smallest absolute Gasteiger partial charge is 0.243 e. The molecular weight excluding hydrogens is 556 g/mol. The van der Waals surface area contributed by atoms with Gasteiger partial charge in [-0.25, -0.2) is 13.1 Å². The first kappa shape index (κ1) is 32.4. The number of sulfonamides is 1. The summed E-state index contributed by atoms with van der Waals surface area (Å²) in [6, 6.07) is 14.4. The SMILES string of the molecule is CNC(C)C(N)=O.Cc1cc(C)c(S(=O)(=O)NC(O)CNc2cc(C)cc3c2cnn3-c2ccc(C=O)cc2)c(C)c1. The summed E-state index contributed by atoms with van der Waals surface area (Å²) in [6.07, 6.45) is 1.15. The molecule has 2 unspecified atom stereocenters. The molecule has 224 valence electrons. The lowest BCUT2D eigenvalue weighted by molar-refractivity contribution is -0.119. The van der Waals surface area contributed by atoms with Crippen LogP contribution in [0, 0.1) is 27.7 Å². The summed E-state index contributed by atoms with van der Waals surface area (Å²) in [6.45, 7) is 9.01. The molecule has 1 amide bonds. The van der Waals surface area contributed by atoms with Crippen LogP contribution in [-0.4, -0.2) is 61.4 Å². The quantitative estimate of drug-likeness (QED) is 0.138. The van der Waals surface area contributed by atoms with Crippen molar-refractivity contribution >= 4 is 38.8 Å². The van der Waals surface area contributed by atoms with E-state index in [1.54, 1.807) is 63.0 Å². The van der Waals surface area contributed by atoms with Gasteiger partial charge in [0.1, 0.15) is 12.5 Å². The fourth-order valence-corrected chi connectivity index (χ4v) is 6.06. The van der Waals surface area contributed by atoms with Crippen LogP contribution in [0.15, 0.2) is 59.6 Å². The third-order valence-electron chi connectivity index (χ3n) is 6.62. The number of aliphatic hydroxyl groups is 1. The molecule has 0 aliphatic carbocycles. The van der Waals surface area contributed by atoms with Gasteiger partial charge in [0.05, 0.1) is 34.9 Å². The summed E-state index contributed by atoms with van der Waals surface area (Å²) in [5.41, 5.74) is 11.0. The molecule has 0 saturated heterocycles. The summed E-state index contributed by atoms with van der Waals surface area (Å²) >= 11 is 0. The number of anilines is 1. The molecule has 6 N–H and O–H groups in total. The number of nitrogens with zero attached hydrogens (tertiary/aromatic N) is 2. The van der Waals surface area contributed by atoms with Gasteiger partial charge >= 0.3 is 0 Å². The molecule has 2 atom stereocenters. The lowest BCUT2D eigenvalue weighted by Crippen LogP contribution is -2.40. The maximum atomic E-state index is 12.9. The van der Waals surface area contributed by atoms with Gasteiger partial charge in [0, 0.05) is 16.6 Å². The van der Waals surface area contributed by atoms with E-state index in [1.165, 1.54) is 0 Å². The molecule has 0 fully saturated rings. The third-order valence-corrected chi connectivity index (χ3v) is 8.38. The second kappa shape index (κ2) is 13.7. The minimum atomic E-state index is -3.91. The van der Waals surface area contributed by atoms with Crippen LogP contribution in [-0.2, 0) is 14.8 Å². The van der Waals surface area contributed by atoms with Crippen molar-refractivity contribution in [2.24, 2.45) is 5.73 Å². The van der Waals surface area contributed by atoms with Crippen LogP contribution in [0.5, 0.6) is 0 Å². The Morgan fingerprint density at radius 3 is 2.17 bits per heavy atom. The third kappa shape index (κ3) is 7.79. The molecule has 0 bridgehead atoms. The number of carbonyl (C=O) groups excluding carboxylic acids is 2. The molecular formula is C30H38N6O5S. The molecule has 0 spiro atoms. The predicted octanol–water partition coefficient (Wildman–Crippen LogP) is 2.86. The highest BCUT2D eigenvalue weighted by Gasteiger charge is 2.23. The number of rotatable bonds is 10. The van der Waals surface area contributed by atoms with E-state index < -0.39 is 16.3 Å². The average Bonchev–Trinajstić information content (AvgIpc) is 3.34. The van der Waals surface area contributed by atoms with Crippen molar-refractivity contribution in [3.8, 4) is 5.69 Å². The monoisotopic (exact) mass is 594 g/mol. The van der Waals surface area contributed by atoms with Gasteiger partial charge in [0.15, 0.2) is 0 Å². The standard InChI is InChI=1S/C26H28N4O4S.C4H10N2O/c1-16-9-18(3)26(19(4)10-16)35(33,34)29-25(32)14-27-23-11-17(2)12-24-22(23)13-28-30(24)21-7-5-20(15-31)6-8-21;1-3(6-2)4(5)7/h5-13,15,25,27,29,32H,14H2,1-4H3;3,6H,1-2H3,(H2,5,7). The molecule has 0 aliphatic rings. The van der Waals surface area contributed by atoms with Crippen LogP contribution in [0.3, 0.4) is 0 Å². The number of nitrogens with one attached hydrogen (secondary N) is 3. The number of hydrogen-bond acceptors (Lipinski definition) is 8. The number of likely N-dealkylation sites (N-methyl/N-ethyl adjacent to an activating group) is 1. The second-order valence-corrected chi connectivity index (χ2v) is 11.8. The Labute approximate surface area is 246 Å². The number of nitrogens with two attached hydrogens (primary N) is 1. The highest BCUT2D eigenvalue weighted by atomic mass is 32.2. The van der Waals surface area contributed by atoms with Crippen molar-refractivity contribution in [3.63, 3.8) is 0 Å². The lowest BCUT2D eigenvalue weighted by Gasteiger charge is -2.18. The molecule has 12 heteroatoms. The number of aldehydes is 1. The van der Waals surface area contributed by atoms with Crippen molar-refractivity contribution in [1.29, 1.82) is 0 Å². The number of amides is 1. The number of carbonyl (C=O) groups is 2. The highest BCUT2D eigenvalue weighted by molar-refractivity contribution is 7.89. The molecule has 1 aromatic heterocycles. The first-order chi connectivity index (χ1) is 19.8. The normalized spacial score (nSPS) is 12.7. The fourth-order valence-electron chi connectivity index (χ4n) is 4.53. The second-order valence-electron chi connectivity index (χ2n) is 10.2. The Bertz CT molecular complexity index is 1660. The fraction of sp³-hybridized carbons (Fsp3) is 0.300. The van der Waals surface area contributed by atoms with Gasteiger partial charge in [-0.05, 0) is 94.8 Å². The number of benzene rings is 3. The summed E-state index contributed by atoms with van der Waals surface area (Å²) in [5, 5.41) is 21.7. The maximum Gasteiger partial charge on any atom is 0.243 e. The number of primary amides is 1. The largest absolute Gasteiger partial charge is 0.380 e. The summed E-state index contributed by atoms with van der Waals surface area (Å²) in [5.74, 6) is -0.317. The van der Waals surface area contributed by atoms with Crippen LogP contribution < -0.4 is 21.1 Å². The minimum Gasteiger partial charge on any atom is -0.380 e. The minimum absolute atomic E-state index is 0.0407. The topological polar surface area (TPSA) is 168 Å². The van der Waals surface area contributed by atoms with Gasteiger partial charge in [-0.1, -0.05) is 17.7 Å². The van der Waals surface area contributed by atoms with Gasteiger partial charge in [-0.15, -0.1) is 0 Å². The first-order valence-electron chi connectivity index (χ1n) is 13.3. The van der Waals surface area contributed by atoms with E-state index in [-0.39, 0.29) is 23.4 Å². The number of aromatic nitrogens is 2. The summed E-state index contributed by atoms with van der Waals surface area (Å²) in [7, 11) is -2.22. The van der Waals surface area contributed by atoms with E-state index in [2.05, 4.69) is 20.5 Å². The Balaban J connectivity index is 0.000000616. The number of aryl methyl sites for hydroxylation is 4. The van der Waals surface area contributed by atoms with E-state index in [1.807, 2.05) is 38.1 Å². The van der Waals surface area contributed by atoms with Gasteiger partial charge in [0.2, 0.25) is 15.9 Å². The van der Waals surface area contributed by atoms with Crippen molar-refractivity contribution in [1.82, 2.24) is 19.8 Å². The van der Waals surface area contributed by atoms with Crippen LogP contribution >= 0.6 is 0 Å². The van der Waals surface area contributed by atoms with E-state index in [0.29, 0.717) is 16.7 Å². The zero-order chi connectivity index (χ0) is 31.2. The molecule has 1 heterocycles. The zero-order valence-electron chi connectivity index (χ0n) is 24.6. The van der Waals surface area contributed by atoms with E-state index >= 15 is 0 Å². The average molecular weight is 595 g/mol. The van der Waals surface area contributed by atoms with Crippen molar-refractivity contribution < 1.29 is 23.1 Å². The van der Waals surface area contributed by atoms with Crippen molar-refractivity contribution in [2.45, 2.75) is 51.8 Å². The van der Waals surface area contributed by atoms with Crippen molar-refractivity contribution in [3.05, 3.63) is 82.5 Å². The van der Waals surface area contributed by atoms with Crippen LogP contribution in [0.4, 0.5) is 5.69 Å². The van der Waals surface area contributed by atoms with Crippen LogP contribution in [0.1, 0.15) is 39.5 Å². The molecule has 0 aliphatic heterocycles. The van der Waals surface area contributed by atoms with Crippen LogP contribution in [0.2, 0.25) is 0 Å². The van der Waals surface area contributed by atoms with E-state index in [4.69, 9.17) is 5.73 Å². The molecule has 0 radical (unpaired) electrons. The molecule has 4 aromatic rings. The Morgan fingerprint density at radius 1 is 1.05 bits per heavy atom. The van der Waals surface area contributed by atoms with Gasteiger partial charge in [-0.2, -0.15) is 9.82 Å². The van der Waals surface area contributed by atoms with Gasteiger partial charge < -0.3 is 21.5 Å². The van der Waals surface area contributed by atoms with E-state index in [0.717, 1.165) is 39.7 Å². The number of fused-ring (bicyclic) bond motifs is 1. The molecule has 3 aromatic carbocycles. The first-order valence-corrected chi connectivity index (χ1v) is 14.8. The summed E-state index contributed by atoms with van der Waals surface area (Å²) in [4.78, 5) is 21.2. The molecule has 4 rings (SSSR count). The van der Waals surface area contributed by atoms with Crippen molar-refractivity contribution in [2.75, 3.05) is 18.9 Å². The summed E-state index contributed by atoms with van der Waals surface area (Å²) < 4.78 is 30.0. The number of aliphatic hydroxyl groups excluding tert-OH is 1. The molecule has 11 nitrogen and oxygen atoms in total. The van der Waals surface area contributed by atoms with Gasteiger partial charge in [-0.3, -0.25) is 9.59 Å². The highest BCUT2D eigenvalue weighted by Crippen LogP contribution is 2.28. The Kier molecular flexibility index (Phi) is 10.6. The van der Waals surface area contributed by atoms with E-state index in [9.17, 15) is 23.1 Å². The lowest BCUT2D eigenvalue weighted by atomic mass is 10.1. The molecule has 42 heavy (non-hydrogen) atoms. The van der Waals surface area contributed by atoms with Crippen LogP contribution in [0.25, 0.3) is 16.6 Å². The zero-order valence-corrected chi connectivity index (χ0v) is 25.4. The predicted molar refractivity (Wildman–Crippen MR) is 164 cm³/mol. The maximum absolute atomic E-state index is 12.9.